The molecular weight excluding hydrogens is 302 g/mol. The van der Waals surface area contributed by atoms with Crippen LogP contribution < -0.4 is 14.4 Å². The molecule has 3 rings (SSSR count). The highest BCUT2D eigenvalue weighted by atomic mass is 16.5. The van der Waals surface area contributed by atoms with Crippen LogP contribution >= 0.6 is 0 Å². The van der Waals surface area contributed by atoms with Crippen LogP contribution in [0, 0.1) is 13.8 Å². The summed E-state index contributed by atoms with van der Waals surface area (Å²) in [5.41, 5.74) is 4.92. The summed E-state index contributed by atoms with van der Waals surface area (Å²) in [6.45, 7) is 4.74. The van der Waals surface area contributed by atoms with Crippen molar-refractivity contribution in [1.82, 2.24) is 0 Å². The Morgan fingerprint density at radius 3 is 2.46 bits per heavy atom. The lowest BCUT2D eigenvalue weighted by atomic mass is 9.95. The fraction of sp³-hybridized carbons (Fsp3) is 0.350. The fourth-order valence-corrected chi connectivity index (χ4v) is 3.36. The van der Waals surface area contributed by atoms with Crippen molar-refractivity contribution in [3.63, 3.8) is 0 Å². The minimum Gasteiger partial charge on any atom is -0.496 e. The van der Waals surface area contributed by atoms with Crippen LogP contribution in [-0.4, -0.2) is 26.7 Å². The molecule has 0 saturated heterocycles. The van der Waals surface area contributed by atoms with E-state index in [0.717, 1.165) is 29.8 Å². The predicted octanol–water partition coefficient (Wildman–Crippen LogP) is 3.91. The van der Waals surface area contributed by atoms with Gasteiger partial charge in [0.05, 0.1) is 25.5 Å². The Bertz CT molecular complexity index is 783. The second-order valence-electron chi connectivity index (χ2n) is 6.18. The van der Waals surface area contributed by atoms with Crippen molar-refractivity contribution in [2.24, 2.45) is 0 Å². The number of methoxy groups -OCH3 is 2. The zero-order chi connectivity index (χ0) is 17.3. The topological polar surface area (TPSA) is 38.8 Å². The molecule has 24 heavy (non-hydrogen) atoms. The quantitative estimate of drug-likeness (QED) is 0.859. The molecule has 1 aliphatic rings. The molecule has 4 nitrogen and oxygen atoms in total. The van der Waals surface area contributed by atoms with Gasteiger partial charge in [0.1, 0.15) is 11.5 Å². The monoisotopic (exact) mass is 325 g/mol. The van der Waals surface area contributed by atoms with Crippen molar-refractivity contribution >= 4 is 11.6 Å². The lowest BCUT2D eigenvalue weighted by Crippen LogP contribution is -2.36. The zero-order valence-corrected chi connectivity index (χ0v) is 14.7. The van der Waals surface area contributed by atoms with E-state index >= 15 is 0 Å². The summed E-state index contributed by atoms with van der Waals surface area (Å²) in [6, 6.07) is 9.68. The van der Waals surface area contributed by atoms with Crippen LogP contribution in [0.3, 0.4) is 0 Å². The van der Waals surface area contributed by atoms with E-state index in [4.69, 9.17) is 9.47 Å². The van der Waals surface area contributed by atoms with E-state index < -0.39 is 0 Å². The van der Waals surface area contributed by atoms with Crippen LogP contribution in [-0.2, 0) is 6.42 Å². The Balaban J connectivity index is 2.11. The number of nitrogens with zero attached hydrogens (tertiary/aromatic N) is 1. The average Bonchev–Trinajstić information content (AvgIpc) is 2.61. The number of ether oxygens (including phenoxy) is 2. The maximum absolute atomic E-state index is 13.3. The number of carbonyl (C=O) groups is 1. The largest absolute Gasteiger partial charge is 0.496 e. The Morgan fingerprint density at radius 2 is 1.75 bits per heavy atom. The molecule has 4 heteroatoms. The highest BCUT2D eigenvalue weighted by molar-refractivity contribution is 6.09. The minimum atomic E-state index is -0.0413. The second kappa shape index (κ2) is 6.56. The molecular formula is C20H23NO3. The standard InChI is InChI=1S/C20H23NO3/c1-13-7-9-17(23-3)16(12-13)20(22)21-11-5-6-15-14(2)8-10-18(24-4)19(15)21/h7-10,12H,5-6,11H2,1-4H3. The summed E-state index contributed by atoms with van der Waals surface area (Å²) in [5, 5.41) is 0. The molecule has 1 aliphatic heterocycles. The van der Waals surface area contributed by atoms with Gasteiger partial charge >= 0.3 is 0 Å². The molecule has 2 aromatic carbocycles. The van der Waals surface area contributed by atoms with Gasteiger partial charge < -0.3 is 14.4 Å². The first-order valence-corrected chi connectivity index (χ1v) is 8.19. The van der Waals surface area contributed by atoms with Crippen LogP contribution in [0.15, 0.2) is 30.3 Å². The van der Waals surface area contributed by atoms with Gasteiger partial charge in [-0.15, -0.1) is 0 Å². The molecule has 0 radical (unpaired) electrons. The zero-order valence-electron chi connectivity index (χ0n) is 14.7. The van der Waals surface area contributed by atoms with Gasteiger partial charge in [-0.2, -0.15) is 0 Å². The lowest BCUT2D eigenvalue weighted by molar-refractivity contribution is 0.0981. The first kappa shape index (κ1) is 16.4. The van der Waals surface area contributed by atoms with Crippen molar-refractivity contribution in [2.75, 3.05) is 25.7 Å². The number of amides is 1. The number of anilines is 1. The van der Waals surface area contributed by atoms with Gasteiger partial charge in [0.25, 0.3) is 5.91 Å². The van der Waals surface area contributed by atoms with Crippen molar-refractivity contribution in [2.45, 2.75) is 26.7 Å². The molecule has 0 fully saturated rings. The van der Waals surface area contributed by atoms with E-state index in [-0.39, 0.29) is 5.91 Å². The Morgan fingerprint density at radius 1 is 1.04 bits per heavy atom. The summed E-state index contributed by atoms with van der Waals surface area (Å²) < 4.78 is 10.9. The fourth-order valence-electron chi connectivity index (χ4n) is 3.36. The van der Waals surface area contributed by atoms with Gasteiger partial charge in [-0.05, 0) is 56.0 Å². The summed E-state index contributed by atoms with van der Waals surface area (Å²) in [6.07, 6.45) is 1.91. The number of benzene rings is 2. The number of hydrogen-bond acceptors (Lipinski definition) is 3. The predicted molar refractivity (Wildman–Crippen MR) is 95.5 cm³/mol. The normalized spacial score (nSPS) is 13.4. The van der Waals surface area contributed by atoms with Crippen LogP contribution in [0.5, 0.6) is 11.5 Å². The Kier molecular flexibility index (Phi) is 4.47. The van der Waals surface area contributed by atoms with Gasteiger partial charge in [-0.25, -0.2) is 0 Å². The maximum atomic E-state index is 13.3. The first-order chi connectivity index (χ1) is 11.6. The molecule has 1 heterocycles. The van der Waals surface area contributed by atoms with Gasteiger partial charge in [0.2, 0.25) is 0 Å². The smallest absolute Gasteiger partial charge is 0.262 e. The molecule has 126 valence electrons. The Labute approximate surface area is 143 Å². The van der Waals surface area contributed by atoms with Crippen LogP contribution in [0.4, 0.5) is 5.69 Å². The SMILES string of the molecule is COc1ccc(C)cc1C(=O)N1CCCc2c(C)ccc(OC)c21. The van der Waals surface area contributed by atoms with Crippen molar-refractivity contribution in [3.8, 4) is 11.5 Å². The summed E-state index contributed by atoms with van der Waals surface area (Å²) >= 11 is 0. The van der Waals surface area contributed by atoms with Crippen molar-refractivity contribution in [3.05, 3.63) is 52.6 Å². The van der Waals surface area contributed by atoms with Gasteiger partial charge in [0, 0.05) is 6.54 Å². The van der Waals surface area contributed by atoms with Crippen LogP contribution in [0.1, 0.15) is 33.5 Å². The van der Waals surface area contributed by atoms with Crippen LogP contribution in [0.2, 0.25) is 0 Å². The summed E-state index contributed by atoms with van der Waals surface area (Å²) in [7, 11) is 3.24. The molecule has 0 saturated carbocycles. The minimum absolute atomic E-state index is 0.0413. The van der Waals surface area contributed by atoms with Gasteiger partial charge in [-0.1, -0.05) is 17.7 Å². The van der Waals surface area contributed by atoms with Crippen molar-refractivity contribution in [1.29, 1.82) is 0 Å². The molecule has 0 spiro atoms. The molecule has 2 aromatic rings. The van der Waals surface area contributed by atoms with Gasteiger partial charge in [-0.3, -0.25) is 4.79 Å². The van der Waals surface area contributed by atoms with E-state index in [1.807, 2.05) is 36.1 Å². The summed E-state index contributed by atoms with van der Waals surface area (Å²) in [5.74, 6) is 1.31. The number of fused-ring (bicyclic) bond motifs is 1. The maximum Gasteiger partial charge on any atom is 0.262 e. The van der Waals surface area contributed by atoms with E-state index in [9.17, 15) is 4.79 Å². The Hall–Kier alpha value is -2.49. The number of hydrogen-bond donors (Lipinski definition) is 0. The number of rotatable bonds is 3. The molecule has 0 N–H and O–H groups in total. The van der Waals surface area contributed by atoms with Crippen LogP contribution in [0.25, 0.3) is 0 Å². The number of aryl methyl sites for hydroxylation is 2. The molecule has 0 aromatic heterocycles. The molecule has 0 aliphatic carbocycles. The third-order valence-electron chi connectivity index (χ3n) is 4.61. The number of carbonyl (C=O) groups excluding carboxylic acids is 1. The van der Waals surface area contributed by atoms with E-state index in [2.05, 4.69) is 13.0 Å². The highest BCUT2D eigenvalue weighted by Crippen LogP contribution is 2.39. The third kappa shape index (κ3) is 2.73. The highest BCUT2D eigenvalue weighted by Gasteiger charge is 2.29. The lowest BCUT2D eigenvalue weighted by Gasteiger charge is -2.32. The molecule has 0 unspecified atom stereocenters. The molecule has 0 atom stereocenters. The van der Waals surface area contributed by atoms with Gasteiger partial charge in [0.15, 0.2) is 0 Å². The second-order valence-corrected chi connectivity index (χ2v) is 6.18. The summed E-state index contributed by atoms with van der Waals surface area (Å²) in [4.78, 5) is 15.1. The van der Waals surface area contributed by atoms with Crippen molar-refractivity contribution < 1.29 is 14.3 Å². The molecule has 1 amide bonds. The van der Waals surface area contributed by atoms with E-state index in [1.54, 1.807) is 14.2 Å². The molecule has 0 bridgehead atoms. The first-order valence-electron chi connectivity index (χ1n) is 8.19. The average molecular weight is 325 g/mol. The third-order valence-corrected chi connectivity index (χ3v) is 4.61. The van der Waals surface area contributed by atoms with E-state index in [1.165, 1.54) is 11.1 Å². The van der Waals surface area contributed by atoms with E-state index in [0.29, 0.717) is 17.9 Å².